The zero-order valence-electron chi connectivity index (χ0n) is 18.0. The Balaban J connectivity index is 2.00. The van der Waals surface area contributed by atoms with E-state index < -0.39 is 24.3 Å². The van der Waals surface area contributed by atoms with Crippen molar-refractivity contribution >= 4 is 13.1 Å². The van der Waals surface area contributed by atoms with Crippen molar-refractivity contribution in [1.29, 1.82) is 0 Å². The summed E-state index contributed by atoms with van der Waals surface area (Å²) in [6.45, 7) is 10.8. The highest BCUT2D eigenvalue weighted by Crippen LogP contribution is 2.41. The molecule has 1 aliphatic heterocycles. The number of unbranched alkanes of at least 4 members (excludes halogenated alkanes) is 4. The van der Waals surface area contributed by atoms with Crippen LogP contribution in [-0.2, 0) is 14.1 Å². The van der Waals surface area contributed by atoms with Crippen LogP contribution in [0.5, 0.6) is 5.75 Å². The molecule has 0 spiro atoms. The molecule has 5 nitrogen and oxygen atoms in total. The van der Waals surface area contributed by atoms with E-state index in [4.69, 9.17) is 14.0 Å². The maximum absolute atomic E-state index is 11.4. The lowest BCUT2D eigenvalue weighted by Gasteiger charge is -2.32. The summed E-state index contributed by atoms with van der Waals surface area (Å²) in [7, 11) is -0.591. The van der Waals surface area contributed by atoms with Crippen molar-refractivity contribution in [2.24, 2.45) is 0 Å². The highest BCUT2D eigenvalue weighted by molar-refractivity contribution is 6.48. The minimum absolute atomic E-state index is 0.0472. The number of hydrogen-bond donors (Lipinski definition) is 1. The molecular weight excluding hydrogens is 355 g/mol. The second-order valence-electron chi connectivity index (χ2n) is 8.66. The van der Waals surface area contributed by atoms with Gasteiger partial charge in [-0.3, -0.25) is 4.79 Å². The van der Waals surface area contributed by atoms with Gasteiger partial charge in [-0.15, -0.1) is 0 Å². The number of rotatable bonds is 11. The fraction of sp³-hybridized carbons (Fsp3) is 0.682. The third-order valence-electron chi connectivity index (χ3n) is 5.82. The molecule has 1 atom stereocenters. The van der Waals surface area contributed by atoms with Gasteiger partial charge in [0.25, 0.3) is 0 Å². The topological polar surface area (TPSA) is 65.0 Å². The van der Waals surface area contributed by atoms with Gasteiger partial charge in [-0.2, -0.15) is 0 Å². The first-order valence-electron chi connectivity index (χ1n) is 10.5. The summed E-state index contributed by atoms with van der Waals surface area (Å²) < 4.78 is 18.0. The molecule has 0 bridgehead atoms. The number of hydrogen-bond acceptors (Lipinski definition) is 4. The first-order valence-corrected chi connectivity index (χ1v) is 10.5. The molecule has 0 amide bonds. The lowest BCUT2D eigenvalue weighted by atomic mass is 9.66. The van der Waals surface area contributed by atoms with Crippen LogP contribution in [0.15, 0.2) is 24.3 Å². The summed E-state index contributed by atoms with van der Waals surface area (Å²) in [5, 5.41) is 9.39. The van der Waals surface area contributed by atoms with Gasteiger partial charge >= 0.3 is 13.1 Å². The van der Waals surface area contributed by atoms with Crippen molar-refractivity contribution in [3.8, 4) is 5.75 Å². The van der Waals surface area contributed by atoms with Gasteiger partial charge in [0.1, 0.15) is 5.75 Å². The smallest absolute Gasteiger partial charge is 0.466 e. The summed E-state index contributed by atoms with van der Waals surface area (Å²) >= 11 is 0. The van der Waals surface area contributed by atoms with Crippen LogP contribution in [0.3, 0.4) is 0 Å². The van der Waals surface area contributed by atoms with Crippen LogP contribution in [-0.4, -0.2) is 36.0 Å². The standard InChI is InChI=1S/C22H35BO5/c1-6-7-8-9-10-15-26-18-13-11-17(12-14-18)19(16-20(24)25)23-27-21(2,3)22(4,5)28-23/h11-14,19H,6-10,15-16H2,1-5H3,(H,24,25). The summed E-state index contributed by atoms with van der Waals surface area (Å²) in [4.78, 5) is 11.4. The van der Waals surface area contributed by atoms with E-state index in [1.54, 1.807) is 0 Å². The van der Waals surface area contributed by atoms with Crippen LogP contribution in [0.4, 0.5) is 0 Å². The number of carboxylic acid groups (broad SMARTS) is 1. The Bertz CT molecular complexity index is 610. The van der Waals surface area contributed by atoms with Crippen molar-refractivity contribution < 1.29 is 23.9 Å². The zero-order chi connectivity index (χ0) is 20.8. The van der Waals surface area contributed by atoms with Crippen molar-refractivity contribution in [2.45, 2.75) is 90.2 Å². The lowest BCUT2D eigenvalue weighted by Crippen LogP contribution is -2.41. The first-order chi connectivity index (χ1) is 13.2. The SMILES string of the molecule is CCCCCCCOc1ccc(C(CC(=O)O)B2OC(C)(C)C(C)(C)O2)cc1. The van der Waals surface area contributed by atoms with E-state index in [2.05, 4.69) is 6.92 Å². The molecule has 1 aromatic carbocycles. The molecule has 6 heteroatoms. The molecule has 156 valence electrons. The van der Waals surface area contributed by atoms with E-state index in [-0.39, 0.29) is 12.2 Å². The average Bonchev–Trinajstić information content (AvgIpc) is 2.84. The molecule has 1 aliphatic rings. The monoisotopic (exact) mass is 390 g/mol. The predicted octanol–water partition coefficient (Wildman–Crippen LogP) is 5.23. The maximum atomic E-state index is 11.4. The Kier molecular flexibility index (Phi) is 7.96. The second-order valence-corrected chi connectivity index (χ2v) is 8.66. The molecule has 2 rings (SSSR count). The molecule has 1 saturated heterocycles. The minimum atomic E-state index is -0.868. The van der Waals surface area contributed by atoms with Gasteiger partial charge in [-0.05, 0) is 51.8 Å². The van der Waals surface area contributed by atoms with Crippen molar-refractivity contribution in [2.75, 3.05) is 6.61 Å². The molecule has 0 aliphatic carbocycles. The fourth-order valence-corrected chi connectivity index (χ4v) is 3.32. The van der Waals surface area contributed by atoms with Gasteiger partial charge in [-0.1, -0.05) is 44.7 Å². The summed E-state index contributed by atoms with van der Waals surface area (Å²) in [5.74, 6) is -0.434. The maximum Gasteiger partial charge on any atom is 0.466 e. The molecular formula is C22H35BO5. The van der Waals surface area contributed by atoms with Crippen LogP contribution >= 0.6 is 0 Å². The quantitative estimate of drug-likeness (QED) is 0.414. The normalized spacial score (nSPS) is 18.8. The third kappa shape index (κ3) is 5.98. The Morgan fingerprint density at radius 2 is 1.61 bits per heavy atom. The molecule has 1 fully saturated rings. The Morgan fingerprint density at radius 3 is 2.14 bits per heavy atom. The first kappa shape index (κ1) is 22.8. The van der Waals surface area contributed by atoms with Gasteiger partial charge in [0, 0.05) is 5.82 Å². The molecule has 0 saturated carbocycles. The summed E-state index contributed by atoms with van der Waals surface area (Å²) in [6, 6.07) is 7.65. The van der Waals surface area contributed by atoms with E-state index in [0.717, 1.165) is 17.7 Å². The number of carboxylic acids is 1. The van der Waals surface area contributed by atoms with Crippen LogP contribution in [0, 0.1) is 0 Å². The van der Waals surface area contributed by atoms with E-state index >= 15 is 0 Å². The molecule has 0 aromatic heterocycles. The third-order valence-corrected chi connectivity index (χ3v) is 5.82. The van der Waals surface area contributed by atoms with E-state index in [9.17, 15) is 9.90 Å². The molecule has 1 N–H and O–H groups in total. The summed E-state index contributed by atoms with van der Waals surface area (Å²) in [5.41, 5.74) is -0.0963. The molecule has 0 radical (unpaired) electrons. The van der Waals surface area contributed by atoms with Crippen LogP contribution in [0.2, 0.25) is 0 Å². The fourth-order valence-electron chi connectivity index (χ4n) is 3.32. The van der Waals surface area contributed by atoms with Gasteiger partial charge in [0.2, 0.25) is 0 Å². The summed E-state index contributed by atoms with van der Waals surface area (Å²) in [6.07, 6.45) is 5.96. The van der Waals surface area contributed by atoms with Crippen molar-refractivity contribution in [1.82, 2.24) is 0 Å². The van der Waals surface area contributed by atoms with Gasteiger partial charge in [-0.25, -0.2) is 0 Å². The number of carbonyl (C=O) groups is 1. The second kappa shape index (κ2) is 9.79. The highest BCUT2D eigenvalue weighted by atomic mass is 16.7. The van der Waals surface area contributed by atoms with Gasteiger partial charge < -0.3 is 19.2 Å². The highest BCUT2D eigenvalue weighted by Gasteiger charge is 2.54. The minimum Gasteiger partial charge on any atom is -0.494 e. The Hall–Kier alpha value is -1.53. The molecule has 1 unspecified atom stereocenters. The Morgan fingerprint density at radius 1 is 1.04 bits per heavy atom. The average molecular weight is 390 g/mol. The molecule has 1 aromatic rings. The largest absolute Gasteiger partial charge is 0.494 e. The van der Waals surface area contributed by atoms with Gasteiger partial charge in [0.15, 0.2) is 0 Å². The van der Waals surface area contributed by atoms with Crippen molar-refractivity contribution in [3.05, 3.63) is 29.8 Å². The van der Waals surface area contributed by atoms with Crippen LogP contribution < -0.4 is 4.74 Å². The Labute approximate surface area is 169 Å². The van der Waals surface area contributed by atoms with Crippen LogP contribution in [0.1, 0.15) is 84.5 Å². The number of ether oxygens (including phenoxy) is 1. The molecule has 28 heavy (non-hydrogen) atoms. The van der Waals surface area contributed by atoms with Crippen LogP contribution in [0.25, 0.3) is 0 Å². The van der Waals surface area contributed by atoms with E-state index in [0.29, 0.717) is 6.61 Å². The zero-order valence-corrected chi connectivity index (χ0v) is 18.0. The van der Waals surface area contributed by atoms with E-state index in [1.807, 2.05) is 52.0 Å². The lowest BCUT2D eigenvalue weighted by molar-refractivity contribution is -0.137. The van der Waals surface area contributed by atoms with Crippen molar-refractivity contribution in [3.63, 3.8) is 0 Å². The number of benzene rings is 1. The number of aliphatic carboxylic acids is 1. The van der Waals surface area contributed by atoms with E-state index in [1.165, 1.54) is 25.7 Å². The molecule has 1 heterocycles. The predicted molar refractivity (Wildman–Crippen MR) is 112 cm³/mol. The van der Waals surface area contributed by atoms with Gasteiger partial charge in [0.05, 0.1) is 24.2 Å².